The van der Waals surface area contributed by atoms with Crippen molar-refractivity contribution < 1.29 is 79.0 Å². The second-order valence-electron chi connectivity index (χ2n) is 15.4. The number of amides is 4. The second-order valence-corrected chi connectivity index (χ2v) is 15.4. The highest BCUT2D eigenvalue weighted by atomic mass is 16.7. The highest BCUT2D eigenvalue weighted by Gasteiger charge is 2.46. The maximum absolute atomic E-state index is 13.0. The molecule has 22 heteroatoms. The molecule has 0 bridgehead atoms. The van der Waals surface area contributed by atoms with Crippen molar-refractivity contribution in [3.63, 3.8) is 0 Å². The van der Waals surface area contributed by atoms with Gasteiger partial charge in [-0.05, 0) is 85.6 Å². The van der Waals surface area contributed by atoms with Crippen molar-refractivity contribution in [2.75, 3.05) is 36.9 Å². The number of aliphatic hydroxyl groups excluding tert-OH is 8. The Morgan fingerprint density at radius 3 is 1.27 bits per heavy atom. The number of rotatable bonds is 19. The average Bonchev–Trinajstić information content (AvgIpc) is 3.33. The maximum Gasteiger partial charge on any atom is 0.251 e. The lowest BCUT2D eigenvalue weighted by Gasteiger charge is -2.39. The zero-order valence-electron chi connectivity index (χ0n) is 35.3. The lowest BCUT2D eigenvalue weighted by Crippen LogP contribution is -2.60. The molecule has 0 saturated carbocycles. The van der Waals surface area contributed by atoms with E-state index >= 15 is 0 Å². The summed E-state index contributed by atoms with van der Waals surface area (Å²) in [4.78, 5) is 59.7. The topological polar surface area (TPSA) is 341 Å². The average molecular weight is 921 g/mol. The predicted molar refractivity (Wildman–Crippen MR) is 230 cm³/mol. The van der Waals surface area contributed by atoms with Gasteiger partial charge in [0.1, 0.15) is 60.3 Å². The Morgan fingerprint density at radius 1 is 0.530 bits per heavy atom. The van der Waals surface area contributed by atoms with E-state index in [0.29, 0.717) is 35.6 Å². The number of aliphatic hydroxyl groups is 8. The molecule has 12 N–H and O–H groups in total. The Balaban J connectivity index is 0.881. The summed E-state index contributed by atoms with van der Waals surface area (Å²) in [6.45, 7) is -0.820. The number of aromatic nitrogens is 2. The van der Waals surface area contributed by atoms with Crippen molar-refractivity contribution in [2.45, 2.75) is 87.1 Å². The van der Waals surface area contributed by atoms with Crippen molar-refractivity contribution in [3.05, 3.63) is 96.3 Å². The minimum Gasteiger partial charge on any atom is -0.462 e. The summed E-state index contributed by atoms with van der Waals surface area (Å²) < 4.78 is 21.8. The van der Waals surface area contributed by atoms with Crippen molar-refractivity contribution in [3.8, 4) is 22.9 Å². The number of ether oxygens (including phenoxy) is 4. The van der Waals surface area contributed by atoms with E-state index in [1.165, 1.54) is 60.9 Å². The molecular formula is C44H52N6O16. The number of anilines is 2. The van der Waals surface area contributed by atoms with Crippen LogP contribution >= 0.6 is 0 Å². The molecule has 2 saturated heterocycles. The van der Waals surface area contributed by atoms with Gasteiger partial charge in [-0.15, -0.1) is 0 Å². The third-order valence-corrected chi connectivity index (χ3v) is 10.5. The minimum absolute atomic E-state index is 0.0864. The molecule has 4 aromatic rings. The molecule has 10 atom stereocenters. The zero-order chi connectivity index (χ0) is 47.3. The molecule has 2 aromatic carbocycles. The molecule has 2 aliphatic rings. The lowest BCUT2D eigenvalue weighted by molar-refractivity contribution is -0.277. The van der Waals surface area contributed by atoms with Crippen LogP contribution in [-0.2, 0) is 19.1 Å². The molecule has 2 aliphatic heterocycles. The fourth-order valence-electron chi connectivity index (χ4n) is 6.81. The Bertz CT molecular complexity index is 2090. The first-order valence-corrected chi connectivity index (χ1v) is 21.0. The van der Waals surface area contributed by atoms with Crippen molar-refractivity contribution in [1.29, 1.82) is 0 Å². The Hall–Kier alpha value is -6.18. The first-order chi connectivity index (χ1) is 31.7. The van der Waals surface area contributed by atoms with Crippen LogP contribution in [0.15, 0.2) is 85.2 Å². The summed E-state index contributed by atoms with van der Waals surface area (Å²) in [5, 5.41) is 89.9. The smallest absolute Gasteiger partial charge is 0.251 e. The van der Waals surface area contributed by atoms with Crippen LogP contribution < -0.4 is 30.7 Å². The summed E-state index contributed by atoms with van der Waals surface area (Å²) >= 11 is 0. The van der Waals surface area contributed by atoms with Gasteiger partial charge in [-0.2, -0.15) is 0 Å². The van der Waals surface area contributed by atoms with E-state index in [0.717, 1.165) is 0 Å². The van der Waals surface area contributed by atoms with Gasteiger partial charge in [0.25, 0.3) is 11.8 Å². The van der Waals surface area contributed by atoms with Gasteiger partial charge in [-0.3, -0.25) is 29.1 Å². The van der Waals surface area contributed by atoms with E-state index in [1.54, 1.807) is 24.3 Å². The van der Waals surface area contributed by atoms with Gasteiger partial charge in [0.2, 0.25) is 24.4 Å². The van der Waals surface area contributed by atoms with E-state index in [-0.39, 0.29) is 60.4 Å². The highest BCUT2D eigenvalue weighted by molar-refractivity contribution is 5.96. The third kappa shape index (κ3) is 13.0. The van der Waals surface area contributed by atoms with Gasteiger partial charge < -0.3 is 81.1 Å². The van der Waals surface area contributed by atoms with Gasteiger partial charge in [-0.1, -0.05) is 0 Å². The number of nitrogens with zero attached hydrogens (tertiary/aromatic N) is 2. The summed E-state index contributed by atoms with van der Waals surface area (Å²) in [6.07, 6.45) is -10.6. The number of carbonyl (C=O) groups excluding carboxylic acids is 4. The SMILES string of the molecule is O=C(CCCNC(=O)c1ccnc(-c2cc(C(=O)NCCCC(=O)Nc3ccc(O[C@@H]4O[C@H](CO)[C@@H](O)[C@H](O)[C@H]4O)cc3)ccn2)c1)Nc1ccc(O[C@@H]2O[C@H](CO)[C@@H](O)[C@H](O)[C@H]2O)cc1. The molecule has 0 aliphatic carbocycles. The molecule has 0 spiro atoms. The number of benzene rings is 2. The first kappa shape index (κ1) is 49.3. The van der Waals surface area contributed by atoms with Crippen LogP contribution in [0.4, 0.5) is 11.4 Å². The third-order valence-electron chi connectivity index (χ3n) is 10.5. The second kappa shape index (κ2) is 23.3. The van der Waals surface area contributed by atoms with E-state index in [1.807, 2.05) is 0 Å². The normalized spacial score (nSPS) is 25.0. The van der Waals surface area contributed by atoms with E-state index in [2.05, 4.69) is 31.2 Å². The van der Waals surface area contributed by atoms with E-state index in [4.69, 9.17) is 18.9 Å². The molecule has 4 heterocycles. The molecule has 22 nitrogen and oxygen atoms in total. The summed E-state index contributed by atoms with van der Waals surface area (Å²) in [5.74, 6) is -0.984. The number of pyridine rings is 2. The fourth-order valence-corrected chi connectivity index (χ4v) is 6.81. The molecule has 6 rings (SSSR count). The molecule has 0 unspecified atom stereocenters. The van der Waals surface area contributed by atoms with Crippen LogP contribution in [0.1, 0.15) is 46.4 Å². The molecule has 354 valence electrons. The summed E-state index contributed by atoms with van der Waals surface area (Å²) in [6, 6.07) is 18.3. The first-order valence-electron chi connectivity index (χ1n) is 21.0. The highest BCUT2D eigenvalue weighted by Crippen LogP contribution is 2.27. The van der Waals surface area contributed by atoms with Crippen molar-refractivity contribution in [2.24, 2.45) is 0 Å². The van der Waals surface area contributed by atoms with Crippen LogP contribution in [0.25, 0.3) is 11.4 Å². The molecule has 0 radical (unpaired) electrons. The van der Waals surface area contributed by atoms with E-state index < -0.39 is 86.4 Å². The quantitative estimate of drug-likeness (QED) is 0.0492. The Kier molecular flexibility index (Phi) is 17.4. The minimum atomic E-state index is -1.59. The largest absolute Gasteiger partial charge is 0.462 e. The van der Waals surface area contributed by atoms with Crippen LogP contribution in [0.5, 0.6) is 11.5 Å². The lowest BCUT2D eigenvalue weighted by atomic mass is 9.99. The fraction of sp³-hybridized carbons (Fsp3) is 0.409. The zero-order valence-corrected chi connectivity index (χ0v) is 35.3. The van der Waals surface area contributed by atoms with Crippen LogP contribution in [0.2, 0.25) is 0 Å². The number of hydrogen-bond acceptors (Lipinski definition) is 18. The molecule has 2 aromatic heterocycles. The summed E-state index contributed by atoms with van der Waals surface area (Å²) in [5.41, 5.74) is 2.13. The number of carbonyl (C=O) groups is 4. The van der Waals surface area contributed by atoms with Gasteiger partial charge in [0, 0.05) is 60.8 Å². The standard InChI is InChI=1S/C44H52N6O16/c51-21-31-35(55)37(57)39(59)43(65-31)63-27-9-5-25(6-10-27)49-33(53)3-1-15-47-41(61)23-13-17-45-29(19-23)30-20-24(14-18-46-30)42(62)48-16-2-4-34(54)50-26-7-11-28(12-8-26)64-44-40(60)38(58)36(56)32(22-52)66-44/h5-14,17-20,31-32,35-40,43-44,51-52,55-60H,1-4,15-16,21-22H2,(H,47,61)(H,48,62)(H,49,53)(H,50,54)/t31-,32-,35-,36-,37+,38+,39-,40-,43-,44-/m1/s1. The van der Waals surface area contributed by atoms with Gasteiger partial charge in [0.05, 0.1) is 24.6 Å². The van der Waals surface area contributed by atoms with E-state index in [9.17, 15) is 60.0 Å². The van der Waals surface area contributed by atoms with Crippen LogP contribution in [0.3, 0.4) is 0 Å². The van der Waals surface area contributed by atoms with Crippen LogP contribution in [0, 0.1) is 0 Å². The Morgan fingerprint density at radius 2 is 0.909 bits per heavy atom. The number of hydrogen-bond donors (Lipinski definition) is 12. The predicted octanol–water partition coefficient (Wildman–Crippen LogP) is -1.20. The summed E-state index contributed by atoms with van der Waals surface area (Å²) in [7, 11) is 0. The van der Waals surface area contributed by atoms with Gasteiger partial charge in [0.15, 0.2) is 0 Å². The van der Waals surface area contributed by atoms with Crippen molar-refractivity contribution in [1.82, 2.24) is 20.6 Å². The molecule has 66 heavy (non-hydrogen) atoms. The monoisotopic (exact) mass is 920 g/mol. The molecular weight excluding hydrogens is 869 g/mol. The van der Waals surface area contributed by atoms with Crippen LogP contribution in [-0.4, -0.2) is 162 Å². The van der Waals surface area contributed by atoms with Crippen molar-refractivity contribution >= 4 is 35.0 Å². The maximum atomic E-state index is 13.0. The Labute approximate surface area is 377 Å². The van der Waals surface area contributed by atoms with Gasteiger partial charge >= 0.3 is 0 Å². The number of nitrogens with one attached hydrogen (secondary N) is 4. The van der Waals surface area contributed by atoms with Gasteiger partial charge in [-0.25, -0.2) is 0 Å². The molecule has 2 fully saturated rings. The molecule has 4 amide bonds.